The highest BCUT2D eigenvalue weighted by Gasteiger charge is 2.23. The molecular weight excluding hydrogens is 378 g/mol. The zero-order valence-electron chi connectivity index (χ0n) is 16.6. The van der Waals surface area contributed by atoms with Crippen molar-refractivity contribution >= 4 is 15.7 Å². The van der Waals surface area contributed by atoms with E-state index >= 15 is 0 Å². The second-order valence-electron chi connectivity index (χ2n) is 7.50. The molecule has 1 unspecified atom stereocenters. The Morgan fingerprint density at radius 3 is 2.43 bits per heavy atom. The van der Waals surface area contributed by atoms with Crippen LogP contribution in [0.15, 0.2) is 48.0 Å². The number of hydrogen-bond donors (Lipinski definition) is 1. The second kappa shape index (κ2) is 8.52. The summed E-state index contributed by atoms with van der Waals surface area (Å²) in [7, 11) is -3.27. The van der Waals surface area contributed by atoms with Crippen LogP contribution in [0.2, 0.25) is 0 Å². The van der Waals surface area contributed by atoms with Crippen molar-refractivity contribution in [2.45, 2.75) is 39.2 Å². The number of nitrogens with one attached hydrogen (secondary N) is 1. The molecule has 7 nitrogen and oxygen atoms in total. The summed E-state index contributed by atoms with van der Waals surface area (Å²) in [5.74, 6) is 0.764. The van der Waals surface area contributed by atoms with Crippen molar-refractivity contribution < 1.29 is 17.9 Å². The number of sulfone groups is 1. The van der Waals surface area contributed by atoms with Gasteiger partial charge in [0.1, 0.15) is 17.1 Å². The van der Waals surface area contributed by atoms with Crippen LogP contribution in [0.3, 0.4) is 0 Å². The van der Waals surface area contributed by atoms with Gasteiger partial charge in [0, 0.05) is 29.3 Å². The molecule has 0 radical (unpaired) electrons. The number of nitrogens with zero attached hydrogens (tertiary/aromatic N) is 2. The predicted molar refractivity (Wildman–Crippen MR) is 108 cm³/mol. The number of benzene rings is 1. The van der Waals surface area contributed by atoms with Crippen molar-refractivity contribution in [1.29, 1.82) is 0 Å². The van der Waals surface area contributed by atoms with Crippen LogP contribution < -0.4 is 10.1 Å². The summed E-state index contributed by atoms with van der Waals surface area (Å²) in [5.41, 5.74) is -0.161. The highest BCUT2D eigenvalue weighted by Crippen LogP contribution is 2.26. The molecule has 1 heterocycles. The molecule has 1 N–H and O–H groups in total. The zero-order valence-corrected chi connectivity index (χ0v) is 17.4. The van der Waals surface area contributed by atoms with Gasteiger partial charge >= 0.3 is 0 Å². The minimum absolute atomic E-state index is 0.142. The quantitative estimate of drug-likeness (QED) is 0.795. The number of para-hydroxylation sites is 1. The highest BCUT2D eigenvalue weighted by atomic mass is 32.2. The molecule has 0 saturated carbocycles. The van der Waals surface area contributed by atoms with Gasteiger partial charge in [0.2, 0.25) is 5.88 Å². The average Bonchev–Trinajstić information content (AvgIpc) is 2.59. The molecule has 0 spiro atoms. The fourth-order valence-electron chi connectivity index (χ4n) is 2.15. The molecule has 1 aromatic heterocycles. The molecule has 0 aliphatic carbocycles. The van der Waals surface area contributed by atoms with Gasteiger partial charge < -0.3 is 10.1 Å². The van der Waals surface area contributed by atoms with E-state index in [1.54, 1.807) is 19.1 Å². The van der Waals surface area contributed by atoms with Crippen LogP contribution in [-0.4, -0.2) is 36.6 Å². The third-order valence-electron chi connectivity index (χ3n) is 3.60. The number of hydrogen-bond acceptors (Lipinski definition) is 6. The lowest BCUT2D eigenvalue weighted by atomic mass is 9.95. The van der Waals surface area contributed by atoms with Gasteiger partial charge in [-0.2, -0.15) is 4.98 Å². The van der Waals surface area contributed by atoms with Crippen molar-refractivity contribution in [1.82, 2.24) is 15.3 Å². The molecule has 0 aliphatic heterocycles. The minimum Gasteiger partial charge on any atom is -0.438 e. The van der Waals surface area contributed by atoms with E-state index in [4.69, 9.17) is 4.74 Å². The topological polar surface area (TPSA) is 98.2 Å². The lowest BCUT2D eigenvalue weighted by molar-refractivity contribution is 0.0943. The molecule has 1 aromatic carbocycles. The Labute approximate surface area is 165 Å². The van der Waals surface area contributed by atoms with Crippen LogP contribution in [0.25, 0.3) is 0 Å². The van der Waals surface area contributed by atoms with Crippen molar-refractivity contribution in [2.75, 3.05) is 6.26 Å². The summed E-state index contributed by atoms with van der Waals surface area (Å²) in [6.07, 6.45) is 3.91. The van der Waals surface area contributed by atoms with Crippen molar-refractivity contribution in [3.05, 3.63) is 59.4 Å². The Hall–Kier alpha value is -2.74. The summed E-state index contributed by atoms with van der Waals surface area (Å²) in [6.45, 7) is 7.56. The lowest BCUT2D eigenvalue weighted by Gasteiger charge is -2.19. The van der Waals surface area contributed by atoms with E-state index in [1.165, 1.54) is 12.3 Å². The fourth-order valence-corrected chi connectivity index (χ4v) is 2.68. The van der Waals surface area contributed by atoms with E-state index in [0.717, 1.165) is 11.7 Å². The maximum absolute atomic E-state index is 12.7. The Kier molecular flexibility index (Phi) is 6.56. The van der Waals surface area contributed by atoms with Gasteiger partial charge in [-0.05, 0) is 19.1 Å². The largest absolute Gasteiger partial charge is 0.438 e. The molecule has 8 heteroatoms. The summed E-state index contributed by atoms with van der Waals surface area (Å²) in [5, 5.41) is 3.76. The number of carbonyl (C=O) groups is 1. The number of aromatic nitrogens is 2. The molecule has 150 valence electrons. The van der Waals surface area contributed by atoms with Gasteiger partial charge in [0.05, 0.1) is 0 Å². The van der Waals surface area contributed by atoms with Crippen LogP contribution in [-0.2, 0) is 15.3 Å². The fraction of sp³-hybridized carbons (Fsp3) is 0.350. The number of carbonyl (C=O) groups excluding carboxylic acids is 1. The van der Waals surface area contributed by atoms with Crippen molar-refractivity contribution in [3.63, 3.8) is 0 Å². The number of amides is 1. The van der Waals surface area contributed by atoms with E-state index in [-0.39, 0.29) is 16.9 Å². The van der Waals surface area contributed by atoms with Gasteiger partial charge in [-0.3, -0.25) is 4.79 Å². The molecular formula is C20H25N3O4S. The molecule has 0 bridgehead atoms. The monoisotopic (exact) mass is 403 g/mol. The first-order valence-corrected chi connectivity index (χ1v) is 10.7. The Bertz CT molecular complexity index is 965. The molecule has 2 aromatic rings. The van der Waals surface area contributed by atoms with E-state index in [2.05, 4.69) is 15.3 Å². The van der Waals surface area contributed by atoms with Gasteiger partial charge in [0.25, 0.3) is 5.91 Å². The standard InChI is InChI=1S/C20H25N3O4S/c1-14(11-12-28(5,25)26)22-17(24)16-13-21-19(20(2,3)4)23-18(16)27-15-9-7-6-8-10-15/h6-14H,1-5H3,(H,22,24). The minimum atomic E-state index is -3.27. The van der Waals surface area contributed by atoms with E-state index in [0.29, 0.717) is 11.6 Å². The van der Waals surface area contributed by atoms with Gasteiger partial charge in [0.15, 0.2) is 9.84 Å². The molecule has 0 fully saturated rings. The van der Waals surface area contributed by atoms with Crippen LogP contribution in [0.4, 0.5) is 0 Å². The summed E-state index contributed by atoms with van der Waals surface area (Å²) in [4.78, 5) is 21.4. The number of rotatable bonds is 6. The van der Waals surface area contributed by atoms with Gasteiger partial charge in [-0.25, -0.2) is 13.4 Å². The molecule has 1 atom stereocenters. The van der Waals surface area contributed by atoms with Gasteiger partial charge in [-0.15, -0.1) is 0 Å². The first-order valence-electron chi connectivity index (χ1n) is 8.75. The van der Waals surface area contributed by atoms with E-state index < -0.39 is 21.8 Å². The molecule has 28 heavy (non-hydrogen) atoms. The Balaban J connectivity index is 2.33. The summed E-state index contributed by atoms with van der Waals surface area (Å²) in [6, 6.07) is 8.51. The maximum atomic E-state index is 12.7. The normalized spacial score (nSPS) is 13.3. The SMILES string of the molecule is CC(C=CS(C)(=O)=O)NC(=O)c1cnc(C(C)(C)C)nc1Oc1ccccc1. The van der Waals surface area contributed by atoms with Crippen LogP contribution in [0.1, 0.15) is 43.9 Å². The van der Waals surface area contributed by atoms with Crippen LogP contribution >= 0.6 is 0 Å². The maximum Gasteiger partial charge on any atom is 0.258 e. The number of ether oxygens (including phenoxy) is 1. The first kappa shape index (κ1) is 21.6. The molecule has 0 aliphatic rings. The molecule has 0 saturated heterocycles. The van der Waals surface area contributed by atoms with Gasteiger partial charge in [-0.1, -0.05) is 45.0 Å². The summed E-state index contributed by atoms with van der Waals surface area (Å²) >= 11 is 0. The Morgan fingerprint density at radius 2 is 1.86 bits per heavy atom. The lowest BCUT2D eigenvalue weighted by Crippen LogP contribution is -2.32. The highest BCUT2D eigenvalue weighted by molar-refractivity contribution is 7.93. The smallest absolute Gasteiger partial charge is 0.258 e. The molecule has 1 amide bonds. The third-order valence-corrected chi connectivity index (χ3v) is 4.25. The van der Waals surface area contributed by atoms with Crippen molar-refractivity contribution in [2.24, 2.45) is 0 Å². The van der Waals surface area contributed by atoms with Crippen LogP contribution in [0, 0.1) is 0 Å². The summed E-state index contributed by atoms with van der Waals surface area (Å²) < 4.78 is 28.3. The predicted octanol–water partition coefficient (Wildman–Crippen LogP) is 3.24. The van der Waals surface area contributed by atoms with E-state index in [1.807, 2.05) is 39.0 Å². The van der Waals surface area contributed by atoms with Crippen molar-refractivity contribution in [3.8, 4) is 11.6 Å². The molecule has 2 rings (SSSR count). The first-order chi connectivity index (χ1) is 13.0. The average molecular weight is 404 g/mol. The third kappa shape index (κ3) is 6.45. The second-order valence-corrected chi connectivity index (χ2v) is 9.43. The van der Waals surface area contributed by atoms with E-state index in [9.17, 15) is 13.2 Å². The zero-order chi connectivity index (χ0) is 20.9. The Morgan fingerprint density at radius 1 is 1.21 bits per heavy atom. The van der Waals surface area contributed by atoms with Crippen LogP contribution in [0.5, 0.6) is 11.6 Å².